The van der Waals surface area contributed by atoms with E-state index in [4.69, 9.17) is 4.74 Å². The second-order valence-corrected chi connectivity index (χ2v) is 6.19. The summed E-state index contributed by atoms with van der Waals surface area (Å²) in [5.41, 5.74) is 0.617. The summed E-state index contributed by atoms with van der Waals surface area (Å²) in [5, 5.41) is 3.15. The highest BCUT2D eigenvalue weighted by Crippen LogP contribution is 2.49. The maximum Gasteiger partial charge on any atom is 0.251 e. The van der Waals surface area contributed by atoms with Crippen molar-refractivity contribution in [3.05, 3.63) is 23.9 Å². The van der Waals surface area contributed by atoms with E-state index in [1.54, 1.807) is 25.4 Å². The Bertz CT molecular complexity index is 503. The van der Waals surface area contributed by atoms with Crippen molar-refractivity contribution in [2.24, 2.45) is 17.8 Å². The van der Waals surface area contributed by atoms with Gasteiger partial charge in [0.05, 0.1) is 7.11 Å². The van der Waals surface area contributed by atoms with E-state index in [1.165, 1.54) is 25.7 Å². The predicted octanol–water partition coefficient (Wildman–Crippen LogP) is 2.64. The highest BCUT2D eigenvalue weighted by atomic mass is 16.5. The molecule has 0 aromatic carbocycles. The van der Waals surface area contributed by atoms with Crippen molar-refractivity contribution < 1.29 is 9.53 Å². The van der Waals surface area contributed by atoms with E-state index in [-0.39, 0.29) is 11.9 Å². The number of hydrogen-bond donors (Lipinski definition) is 1. The molecule has 0 radical (unpaired) electrons. The van der Waals surface area contributed by atoms with Crippen LogP contribution in [0.2, 0.25) is 0 Å². The van der Waals surface area contributed by atoms with E-state index >= 15 is 0 Å². The molecule has 1 heterocycles. The predicted molar refractivity (Wildman–Crippen MR) is 76.7 cm³/mol. The molecule has 0 aliphatic heterocycles. The largest absolute Gasteiger partial charge is 0.481 e. The van der Waals surface area contributed by atoms with Gasteiger partial charge in [-0.3, -0.25) is 4.79 Å². The molecular formula is C16H22N2O2. The fourth-order valence-electron chi connectivity index (χ4n) is 3.97. The monoisotopic (exact) mass is 274 g/mol. The van der Waals surface area contributed by atoms with Crippen molar-refractivity contribution in [1.82, 2.24) is 10.3 Å². The van der Waals surface area contributed by atoms with Crippen LogP contribution in [-0.2, 0) is 0 Å². The topological polar surface area (TPSA) is 51.2 Å². The number of carbonyl (C=O) groups excluding carboxylic acids is 1. The van der Waals surface area contributed by atoms with E-state index in [0.717, 1.165) is 11.8 Å². The number of aromatic nitrogens is 1. The van der Waals surface area contributed by atoms with Gasteiger partial charge in [-0.1, -0.05) is 6.42 Å². The third-order valence-electron chi connectivity index (χ3n) is 5.00. The Hall–Kier alpha value is -1.58. The first-order valence-electron chi connectivity index (χ1n) is 7.48. The number of methoxy groups -OCH3 is 1. The highest BCUT2D eigenvalue weighted by molar-refractivity contribution is 5.94. The van der Waals surface area contributed by atoms with Gasteiger partial charge in [-0.05, 0) is 50.0 Å². The molecular weight excluding hydrogens is 252 g/mol. The molecule has 2 aliphatic carbocycles. The van der Waals surface area contributed by atoms with E-state index < -0.39 is 0 Å². The Labute approximate surface area is 119 Å². The average Bonchev–Trinajstić information content (AvgIpc) is 3.10. The quantitative estimate of drug-likeness (QED) is 0.918. The van der Waals surface area contributed by atoms with Crippen molar-refractivity contribution in [3.8, 4) is 5.88 Å². The lowest BCUT2D eigenvalue weighted by Crippen LogP contribution is -2.40. The first-order valence-corrected chi connectivity index (χ1v) is 7.48. The van der Waals surface area contributed by atoms with Crippen molar-refractivity contribution in [2.45, 2.75) is 38.6 Å². The van der Waals surface area contributed by atoms with Gasteiger partial charge in [0.2, 0.25) is 5.88 Å². The molecule has 2 fully saturated rings. The molecule has 0 saturated heterocycles. The first kappa shape index (κ1) is 13.4. The summed E-state index contributed by atoms with van der Waals surface area (Å²) >= 11 is 0. The van der Waals surface area contributed by atoms with Crippen LogP contribution in [0.4, 0.5) is 0 Å². The van der Waals surface area contributed by atoms with Gasteiger partial charge in [-0.2, -0.15) is 0 Å². The number of nitrogens with one attached hydrogen (secondary N) is 1. The summed E-state index contributed by atoms with van der Waals surface area (Å²) in [4.78, 5) is 16.3. The zero-order valence-electron chi connectivity index (χ0n) is 12.1. The molecule has 4 nitrogen and oxygen atoms in total. The lowest BCUT2D eigenvalue weighted by atomic mass is 9.84. The Morgan fingerprint density at radius 1 is 1.45 bits per heavy atom. The molecule has 1 aromatic rings. The van der Waals surface area contributed by atoms with Gasteiger partial charge in [0, 0.05) is 23.9 Å². The third kappa shape index (κ3) is 2.51. The molecule has 2 bridgehead atoms. The standard InChI is InChI=1S/C16H22N2O2/c1-10(14-8-11-3-4-12(14)7-11)18-16(19)13-5-6-17-15(9-13)20-2/h5-6,9-12,14H,3-4,7-8H2,1-2H3,(H,18,19). The summed E-state index contributed by atoms with van der Waals surface area (Å²) in [7, 11) is 1.56. The maximum absolute atomic E-state index is 12.3. The number of amides is 1. The second-order valence-electron chi connectivity index (χ2n) is 6.19. The van der Waals surface area contributed by atoms with Crippen molar-refractivity contribution >= 4 is 5.91 Å². The number of carbonyl (C=O) groups is 1. The molecule has 4 unspecified atom stereocenters. The molecule has 2 aliphatic rings. The molecule has 1 amide bonds. The molecule has 0 spiro atoms. The Kier molecular flexibility index (Phi) is 3.64. The molecule has 4 heteroatoms. The summed E-state index contributed by atoms with van der Waals surface area (Å²) < 4.78 is 5.06. The third-order valence-corrected chi connectivity index (χ3v) is 5.00. The van der Waals surface area contributed by atoms with Gasteiger partial charge >= 0.3 is 0 Å². The van der Waals surface area contributed by atoms with E-state index in [1.807, 2.05) is 0 Å². The summed E-state index contributed by atoms with van der Waals surface area (Å²) in [6.45, 7) is 2.14. The van der Waals surface area contributed by atoms with Crippen LogP contribution in [0.1, 0.15) is 43.0 Å². The zero-order chi connectivity index (χ0) is 14.1. The van der Waals surface area contributed by atoms with Crippen molar-refractivity contribution in [3.63, 3.8) is 0 Å². The van der Waals surface area contributed by atoms with Crippen LogP contribution in [0, 0.1) is 17.8 Å². The lowest BCUT2D eigenvalue weighted by molar-refractivity contribution is 0.0914. The van der Waals surface area contributed by atoms with E-state index in [9.17, 15) is 4.79 Å². The first-order chi connectivity index (χ1) is 9.67. The fraction of sp³-hybridized carbons (Fsp3) is 0.625. The summed E-state index contributed by atoms with van der Waals surface area (Å²) in [6.07, 6.45) is 7.00. The SMILES string of the molecule is COc1cc(C(=O)NC(C)C2CC3CCC2C3)ccn1. The smallest absolute Gasteiger partial charge is 0.251 e. The Morgan fingerprint density at radius 2 is 2.30 bits per heavy atom. The molecule has 1 N–H and O–H groups in total. The van der Waals surface area contributed by atoms with Gasteiger partial charge in [-0.25, -0.2) is 4.98 Å². The maximum atomic E-state index is 12.3. The molecule has 1 aromatic heterocycles. The molecule has 2 saturated carbocycles. The van der Waals surface area contributed by atoms with Crippen LogP contribution in [0.5, 0.6) is 5.88 Å². The number of nitrogens with zero attached hydrogens (tertiary/aromatic N) is 1. The van der Waals surface area contributed by atoms with Gasteiger partial charge in [0.15, 0.2) is 0 Å². The molecule has 108 valence electrons. The van der Waals surface area contributed by atoms with Crippen LogP contribution in [0.3, 0.4) is 0 Å². The second kappa shape index (κ2) is 5.43. The fourth-order valence-corrected chi connectivity index (χ4v) is 3.97. The van der Waals surface area contributed by atoms with Crippen molar-refractivity contribution in [2.75, 3.05) is 7.11 Å². The van der Waals surface area contributed by atoms with Crippen LogP contribution >= 0.6 is 0 Å². The normalized spacial score (nSPS) is 29.2. The Morgan fingerprint density at radius 3 is 2.95 bits per heavy atom. The van der Waals surface area contributed by atoms with Gasteiger partial charge < -0.3 is 10.1 Å². The zero-order valence-corrected chi connectivity index (χ0v) is 12.1. The summed E-state index contributed by atoms with van der Waals surface area (Å²) in [5.74, 6) is 2.83. The van der Waals surface area contributed by atoms with Crippen LogP contribution in [0.25, 0.3) is 0 Å². The number of ether oxygens (including phenoxy) is 1. The average molecular weight is 274 g/mol. The van der Waals surface area contributed by atoms with Crippen LogP contribution in [-0.4, -0.2) is 24.0 Å². The van der Waals surface area contributed by atoms with E-state index in [2.05, 4.69) is 17.2 Å². The Balaban J connectivity index is 1.63. The van der Waals surface area contributed by atoms with Crippen LogP contribution < -0.4 is 10.1 Å². The molecule has 3 rings (SSSR count). The van der Waals surface area contributed by atoms with Crippen molar-refractivity contribution in [1.29, 1.82) is 0 Å². The van der Waals surface area contributed by atoms with Gasteiger partial charge in [-0.15, -0.1) is 0 Å². The number of hydrogen-bond acceptors (Lipinski definition) is 3. The van der Waals surface area contributed by atoms with Crippen LogP contribution in [0.15, 0.2) is 18.3 Å². The van der Waals surface area contributed by atoms with Gasteiger partial charge in [0.25, 0.3) is 5.91 Å². The molecule has 20 heavy (non-hydrogen) atoms. The minimum atomic E-state index is -0.0269. The number of fused-ring (bicyclic) bond motifs is 2. The molecule has 4 atom stereocenters. The number of pyridine rings is 1. The minimum Gasteiger partial charge on any atom is -0.481 e. The summed E-state index contributed by atoms with van der Waals surface area (Å²) in [6, 6.07) is 3.66. The minimum absolute atomic E-state index is 0.0269. The number of rotatable bonds is 4. The lowest BCUT2D eigenvalue weighted by Gasteiger charge is -2.28. The highest BCUT2D eigenvalue weighted by Gasteiger charge is 2.42. The van der Waals surface area contributed by atoms with E-state index in [0.29, 0.717) is 17.4 Å². The van der Waals surface area contributed by atoms with Gasteiger partial charge in [0.1, 0.15) is 0 Å².